The van der Waals surface area contributed by atoms with Crippen LogP contribution in [0.3, 0.4) is 0 Å². The van der Waals surface area contributed by atoms with Crippen molar-refractivity contribution in [3.63, 3.8) is 0 Å². The Balaban J connectivity index is 1.75. The monoisotopic (exact) mass is 335 g/mol. The van der Waals surface area contributed by atoms with Gasteiger partial charge >= 0.3 is 0 Å². The van der Waals surface area contributed by atoms with Crippen LogP contribution >= 0.6 is 11.8 Å². The van der Waals surface area contributed by atoms with Crippen molar-refractivity contribution < 1.29 is 4.79 Å². The Labute approximate surface area is 138 Å². The maximum Gasteiger partial charge on any atom is 0.252 e. The summed E-state index contributed by atoms with van der Waals surface area (Å²) in [6.45, 7) is 4.02. The van der Waals surface area contributed by atoms with Crippen LogP contribution in [0, 0.1) is 0 Å². The minimum Gasteiger partial charge on any atom is -0.353 e. The maximum atomic E-state index is 12.1. The largest absolute Gasteiger partial charge is 0.353 e. The average molecular weight is 335 g/mol. The van der Waals surface area contributed by atoms with Gasteiger partial charge in [0.2, 0.25) is 11.7 Å². The van der Waals surface area contributed by atoms with Gasteiger partial charge in [0, 0.05) is 17.8 Å². The highest BCUT2D eigenvalue weighted by Gasteiger charge is 2.19. The summed E-state index contributed by atoms with van der Waals surface area (Å²) in [6, 6.07) is 1.88. The van der Waals surface area contributed by atoms with Gasteiger partial charge in [-0.05, 0) is 18.8 Å². The minimum atomic E-state index is -0.191. The van der Waals surface area contributed by atoms with E-state index in [0.717, 1.165) is 18.5 Å². The Morgan fingerprint density at radius 1 is 1.43 bits per heavy atom. The van der Waals surface area contributed by atoms with Crippen molar-refractivity contribution in [1.29, 1.82) is 0 Å². The topological polar surface area (TPSA) is 92.2 Å². The molecule has 2 heterocycles. The van der Waals surface area contributed by atoms with E-state index in [-0.39, 0.29) is 17.4 Å². The lowest BCUT2D eigenvalue weighted by Gasteiger charge is -2.12. The molecule has 1 aliphatic rings. The number of aromatic nitrogens is 4. The fraction of sp³-hybridized carbons (Fsp3) is 0.600. The third kappa shape index (κ3) is 3.57. The van der Waals surface area contributed by atoms with Gasteiger partial charge in [-0.15, -0.1) is 10.2 Å². The number of rotatable bonds is 5. The first-order chi connectivity index (χ1) is 11.0. The summed E-state index contributed by atoms with van der Waals surface area (Å²) in [5.41, 5.74) is 0.650. The molecule has 3 rings (SSSR count). The number of thioether (sulfide) groups is 1. The van der Waals surface area contributed by atoms with Crippen molar-refractivity contribution in [1.82, 2.24) is 24.9 Å². The first-order valence-electron chi connectivity index (χ1n) is 7.95. The highest BCUT2D eigenvalue weighted by Crippen LogP contribution is 2.22. The Morgan fingerprint density at radius 2 is 2.17 bits per heavy atom. The van der Waals surface area contributed by atoms with Crippen LogP contribution < -0.4 is 10.9 Å². The van der Waals surface area contributed by atoms with E-state index in [2.05, 4.69) is 20.5 Å². The van der Waals surface area contributed by atoms with Crippen LogP contribution in [0.15, 0.2) is 16.0 Å². The normalized spacial score (nSPS) is 15.6. The quantitative estimate of drug-likeness (QED) is 0.811. The minimum absolute atomic E-state index is 0.0224. The number of hydrogen-bond donors (Lipinski definition) is 2. The molecule has 0 atom stereocenters. The number of carbonyl (C=O) groups excluding carboxylic acids is 1. The van der Waals surface area contributed by atoms with Gasteiger partial charge in [-0.2, -0.15) is 0 Å². The van der Waals surface area contributed by atoms with E-state index in [1.807, 2.05) is 18.2 Å². The third-order valence-electron chi connectivity index (χ3n) is 4.05. The molecule has 1 fully saturated rings. The van der Waals surface area contributed by atoms with Crippen molar-refractivity contribution in [2.24, 2.45) is 0 Å². The number of hydrogen-bond acceptors (Lipinski definition) is 5. The standard InChI is InChI=1S/C15H21N5O2S/c1-9(2)11-7-12(21)17-14-18-19-15(20(11)14)23-8-13(22)16-10-5-3-4-6-10/h7,9-10H,3-6,8H2,1-2H3,(H,16,22)(H,17,18,21). The lowest BCUT2D eigenvalue weighted by Crippen LogP contribution is -2.33. The lowest BCUT2D eigenvalue weighted by atomic mass is 10.1. The van der Waals surface area contributed by atoms with Crippen LogP contribution in [0.25, 0.3) is 5.78 Å². The first-order valence-corrected chi connectivity index (χ1v) is 8.93. The van der Waals surface area contributed by atoms with Gasteiger partial charge in [0.05, 0.1) is 5.75 Å². The highest BCUT2D eigenvalue weighted by atomic mass is 32.2. The molecule has 7 nitrogen and oxygen atoms in total. The summed E-state index contributed by atoms with van der Waals surface area (Å²) >= 11 is 1.34. The zero-order valence-electron chi connectivity index (χ0n) is 13.3. The molecule has 0 saturated heterocycles. The van der Waals surface area contributed by atoms with Crippen molar-refractivity contribution in [3.05, 3.63) is 22.1 Å². The molecule has 23 heavy (non-hydrogen) atoms. The van der Waals surface area contributed by atoms with E-state index in [1.54, 1.807) is 6.07 Å². The SMILES string of the molecule is CC(C)c1cc(=O)[nH]c2nnc(SCC(=O)NC3CCCC3)n12. The Kier molecular flexibility index (Phi) is 4.70. The van der Waals surface area contributed by atoms with Crippen LogP contribution in [-0.2, 0) is 4.79 Å². The molecular formula is C15H21N5O2S. The number of nitrogens with zero attached hydrogens (tertiary/aromatic N) is 3. The van der Waals surface area contributed by atoms with E-state index in [4.69, 9.17) is 0 Å². The van der Waals surface area contributed by atoms with Crippen molar-refractivity contribution >= 4 is 23.4 Å². The average Bonchev–Trinajstić information content (AvgIpc) is 3.13. The number of carbonyl (C=O) groups is 1. The number of aromatic amines is 1. The fourth-order valence-corrected chi connectivity index (χ4v) is 3.68. The van der Waals surface area contributed by atoms with Gasteiger partial charge < -0.3 is 5.32 Å². The first kappa shape index (κ1) is 16.0. The predicted molar refractivity (Wildman–Crippen MR) is 88.8 cm³/mol. The number of amides is 1. The van der Waals surface area contributed by atoms with Gasteiger partial charge in [0.25, 0.3) is 5.56 Å². The summed E-state index contributed by atoms with van der Waals surface area (Å²) in [5.74, 6) is 0.894. The van der Waals surface area contributed by atoms with Crippen molar-refractivity contribution in [2.75, 3.05) is 5.75 Å². The molecule has 0 aliphatic heterocycles. The zero-order valence-corrected chi connectivity index (χ0v) is 14.2. The molecular weight excluding hydrogens is 314 g/mol. The van der Waals surface area contributed by atoms with Crippen LogP contribution in [0.4, 0.5) is 0 Å². The summed E-state index contributed by atoms with van der Waals surface area (Å²) in [5, 5.41) is 11.8. The Hall–Kier alpha value is -1.83. The fourth-order valence-electron chi connectivity index (χ4n) is 2.92. The molecule has 1 aliphatic carbocycles. The lowest BCUT2D eigenvalue weighted by molar-refractivity contribution is -0.119. The second kappa shape index (κ2) is 6.74. The summed E-state index contributed by atoms with van der Waals surface area (Å²) in [6.07, 6.45) is 4.53. The van der Waals surface area contributed by atoms with Gasteiger partial charge in [-0.1, -0.05) is 38.5 Å². The van der Waals surface area contributed by atoms with Gasteiger partial charge in [0.15, 0.2) is 5.16 Å². The van der Waals surface area contributed by atoms with Gasteiger partial charge in [0.1, 0.15) is 0 Å². The Bertz CT molecular complexity index is 761. The van der Waals surface area contributed by atoms with Crippen molar-refractivity contribution in [3.8, 4) is 0 Å². The second-order valence-corrected chi connectivity index (χ2v) is 7.13. The molecule has 1 saturated carbocycles. The smallest absolute Gasteiger partial charge is 0.252 e. The van der Waals surface area contributed by atoms with E-state index >= 15 is 0 Å². The van der Waals surface area contributed by atoms with Crippen molar-refractivity contribution in [2.45, 2.75) is 56.6 Å². The van der Waals surface area contributed by atoms with Crippen LogP contribution in [0.2, 0.25) is 0 Å². The molecule has 0 radical (unpaired) electrons. The summed E-state index contributed by atoms with van der Waals surface area (Å²) in [4.78, 5) is 26.4. The summed E-state index contributed by atoms with van der Waals surface area (Å²) in [7, 11) is 0. The summed E-state index contributed by atoms with van der Waals surface area (Å²) < 4.78 is 1.82. The number of fused-ring (bicyclic) bond motifs is 1. The molecule has 0 spiro atoms. The van der Waals surface area contributed by atoms with E-state index in [9.17, 15) is 9.59 Å². The highest BCUT2D eigenvalue weighted by molar-refractivity contribution is 7.99. The van der Waals surface area contributed by atoms with Crippen LogP contribution in [-0.4, -0.2) is 37.3 Å². The van der Waals surface area contributed by atoms with E-state index in [1.165, 1.54) is 24.6 Å². The molecule has 124 valence electrons. The predicted octanol–water partition coefficient (Wildman–Crippen LogP) is 1.69. The van der Waals surface area contributed by atoms with Gasteiger partial charge in [-0.3, -0.25) is 19.0 Å². The molecule has 2 aromatic heterocycles. The van der Waals surface area contributed by atoms with Crippen LogP contribution in [0.5, 0.6) is 0 Å². The second-order valence-electron chi connectivity index (χ2n) is 6.19. The molecule has 2 N–H and O–H groups in total. The molecule has 8 heteroatoms. The molecule has 0 unspecified atom stereocenters. The van der Waals surface area contributed by atoms with E-state index in [0.29, 0.717) is 22.7 Å². The van der Waals surface area contributed by atoms with Gasteiger partial charge in [-0.25, -0.2) is 0 Å². The third-order valence-corrected chi connectivity index (χ3v) is 4.98. The molecule has 2 aromatic rings. The number of H-pyrrole nitrogens is 1. The van der Waals surface area contributed by atoms with Crippen LogP contribution in [0.1, 0.15) is 51.1 Å². The number of nitrogens with one attached hydrogen (secondary N) is 2. The molecule has 0 bridgehead atoms. The Morgan fingerprint density at radius 3 is 2.87 bits per heavy atom. The zero-order chi connectivity index (χ0) is 16.4. The van der Waals surface area contributed by atoms with E-state index < -0.39 is 0 Å². The molecule has 1 amide bonds. The maximum absolute atomic E-state index is 12.1. The molecule has 0 aromatic carbocycles.